The van der Waals surface area contributed by atoms with Crippen molar-refractivity contribution in [3.05, 3.63) is 23.4 Å². The zero-order valence-electron chi connectivity index (χ0n) is 11.5. The van der Waals surface area contributed by atoms with E-state index in [9.17, 15) is 0 Å². The summed E-state index contributed by atoms with van der Waals surface area (Å²) in [5.74, 6) is 2.15. The highest BCUT2D eigenvalue weighted by atomic mass is 32.2. The Kier molecular flexibility index (Phi) is 5.07. The molecule has 1 aliphatic rings. The number of nitrogens with two attached hydrogens (primary N) is 1. The van der Waals surface area contributed by atoms with E-state index in [1.54, 1.807) is 0 Å². The summed E-state index contributed by atoms with van der Waals surface area (Å²) in [4.78, 5) is 4.60. The summed E-state index contributed by atoms with van der Waals surface area (Å²) in [6.45, 7) is 4.20. The lowest BCUT2D eigenvalue weighted by Crippen LogP contribution is -2.18. The average molecular weight is 264 g/mol. The van der Waals surface area contributed by atoms with E-state index >= 15 is 0 Å². The van der Waals surface area contributed by atoms with Crippen molar-refractivity contribution in [1.29, 1.82) is 0 Å². The molecule has 100 valence electrons. The van der Waals surface area contributed by atoms with E-state index in [0.717, 1.165) is 12.3 Å². The lowest BCUT2D eigenvalue weighted by atomic mass is 10.1. The minimum Gasteiger partial charge on any atom is -0.328 e. The van der Waals surface area contributed by atoms with Gasteiger partial charge in [-0.2, -0.15) is 0 Å². The monoisotopic (exact) mass is 264 g/mol. The molecule has 2 N–H and O–H groups in total. The molecule has 1 aromatic rings. The smallest absolute Gasteiger partial charge is 0.0989 e. The molecule has 1 heterocycles. The predicted molar refractivity (Wildman–Crippen MR) is 79.0 cm³/mol. The first-order chi connectivity index (χ1) is 8.65. The van der Waals surface area contributed by atoms with Crippen LogP contribution >= 0.6 is 11.8 Å². The molecule has 1 atom stereocenters. The molecular formula is C15H24N2S. The number of hydrogen-bond donors (Lipinski definition) is 1. The SMILES string of the molecule is Cc1cc(CC(C)N)cnc1SCC1CCCC1. The maximum atomic E-state index is 5.82. The second kappa shape index (κ2) is 6.58. The number of pyridine rings is 1. The fraction of sp³-hybridized carbons (Fsp3) is 0.667. The molecule has 1 aliphatic carbocycles. The van der Waals surface area contributed by atoms with Crippen molar-refractivity contribution in [2.45, 2.75) is 57.0 Å². The van der Waals surface area contributed by atoms with Crippen LogP contribution in [0.2, 0.25) is 0 Å². The Hall–Kier alpha value is -0.540. The van der Waals surface area contributed by atoms with Crippen molar-refractivity contribution in [3.63, 3.8) is 0 Å². The predicted octanol–water partition coefficient (Wildman–Crippen LogP) is 3.56. The van der Waals surface area contributed by atoms with Crippen molar-refractivity contribution < 1.29 is 0 Å². The molecule has 0 spiro atoms. The molecule has 1 aromatic heterocycles. The number of nitrogens with zero attached hydrogens (tertiary/aromatic N) is 1. The molecule has 18 heavy (non-hydrogen) atoms. The Morgan fingerprint density at radius 2 is 2.17 bits per heavy atom. The van der Waals surface area contributed by atoms with Gasteiger partial charge in [-0.3, -0.25) is 0 Å². The van der Waals surface area contributed by atoms with E-state index in [-0.39, 0.29) is 6.04 Å². The molecule has 2 rings (SSSR count). The van der Waals surface area contributed by atoms with E-state index in [1.165, 1.54) is 47.6 Å². The molecule has 0 aromatic carbocycles. The number of rotatable bonds is 5. The summed E-state index contributed by atoms with van der Waals surface area (Å²) in [6.07, 6.45) is 8.58. The van der Waals surface area contributed by atoms with Gasteiger partial charge in [-0.25, -0.2) is 4.98 Å². The lowest BCUT2D eigenvalue weighted by Gasteiger charge is -2.11. The van der Waals surface area contributed by atoms with Gasteiger partial charge in [0.15, 0.2) is 0 Å². The van der Waals surface area contributed by atoms with Gasteiger partial charge in [0.1, 0.15) is 0 Å². The van der Waals surface area contributed by atoms with E-state index in [0.29, 0.717) is 0 Å². The van der Waals surface area contributed by atoms with Gasteiger partial charge in [-0.05, 0) is 50.2 Å². The second-order valence-electron chi connectivity index (χ2n) is 5.61. The molecule has 0 bridgehead atoms. The van der Waals surface area contributed by atoms with E-state index < -0.39 is 0 Å². The number of aromatic nitrogens is 1. The first-order valence-electron chi connectivity index (χ1n) is 6.99. The average Bonchev–Trinajstić information content (AvgIpc) is 2.80. The second-order valence-corrected chi connectivity index (χ2v) is 6.62. The van der Waals surface area contributed by atoms with Crippen molar-refractivity contribution in [1.82, 2.24) is 4.98 Å². The molecular weight excluding hydrogens is 240 g/mol. The third kappa shape index (κ3) is 3.99. The molecule has 0 amide bonds. The molecule has 1 saturated carbocycles. The van der Waals surface area contributed by atoms with Crippen molar-refractivity contribution >= 4 is 11.8 Å². The maximum absolute atomic E-state index is 5.82. The Morgan fingerprint density at radius 3 is 2.78 bits per heavy atom. The molecule has 0 saturated heterocycles. The molecule has 1 fully saturated rings. The zero-order chi connectivity index (χ0) is 13.0. The van der Waals surface area contributed by atoms with Crippen LogP contribution in [0, 0.1) is 12.8 Å². The summed E-state index contributed by atoms with van der Waals surface area (Å²) in [5, 5.41) is 1.20. The highest BCUT2D eigenvalue weighted by Crippen LogP contribution is 2.31. The van der Waals surface area contributed by atoms with Crippen LogP contribution in [0.1, 0.15) is 43.7 Å². The van der Waals surface area contributed by atoms with E-state index in [1.807, 2.05) is 24.9 Å². The van der Waals surface area contributed by atoms with Gasteiger partial charge in [-0.15, -0.1) is 11.8 Å². The van der Waals surface area contributed by atoms with Crippen LogP contribution in [0.5, 0.6) is 0 Å². The van der Waals surface area contributed by atoms with E-state index in [2.05, 4.69) is 18.0 Å². The van der Waals surface area contributed by atoms with Gasteiger partial charge in [0.25, 0.3) is 0 Å². The van der Waals surface area contributed by atoms with Crippen LogP contribution in [0.4, 0.5) is 0 Å². The van der Waals surface area contributed by atoms with Gasteiger partial charge >= 0.3 is 0 Å². The summed E-state index contributed by atoms with van der Waals surface area (Å²) >= 11 is 1.93. The fourth-order valence-corrected chi connectivity index (χ4v) is 3.77. The summed E-state index contributed by atoms with van der Waals surface area (Å²) in [6, 6.07) is 2.45. The van der Waals surface area contributed by atoms with Crippen molar-refractivity contribution in [2.75, 3.05) is 5.75 Å². The Balaban J connectivity index is 1.92. The third-order valence-corrected chi connectivity index (χ3v) is 4.91. The van der Waals surface area contributed by atoms with Gasteiger partial charge in [0, 0.05) is 18.0 Å². The third-order valence-electron chi connectivity index (χ3n) is 3.58. The first-order valence-corrected chi connectivity index (χ1v) is 7.97. The van der Waals surface area contributed by atoms with Crippen LogP contribution < -0.4 is 5.73 Å². The molecule has 2 nitrogen and oxygen atoms in total. The fourth-order valence-electron chi connectivity index (χ4n) is 2.63. The van der Waals surface area contributed by atoms with Crippen molar-refractivity contribution in [2.24, 2.45) is 11.7 Å². The quantitative estimate of drug-likeness (QED) is 0.826. The summed E-state index contributed by atoms with van der Waals surface area (Å²) < 4.78 is 0. The largest absolute Gasteiger partial charge is 0.328 e. The minimum absolute atomic E-state index is 0.211. The van der Waals surface area contributed by atoms with Crippen LogP contribution in [0.3, 0.4) is 0 Å². The number of thioether (sulfide) groups is 1. The van der Waals surface area contributed by atoms with Crippen LogP contribution in [-0.2, 0) is 6.42 Å². The first kappa shape index (κ1) is 13.9. The van der Waals surface area contributed by atoms with Gasteiger partial charge in [-0.1, -0.05) is 18.9 Å². The summed E-state index contributed by atoms with van der Waals surface area (Å²) in [5.41, 5.74) is 8.38. The molecule has 0 aliphatic heterocycles. The van der Waals surface area contributed by atoms with Gasteiger partial charge in [0.2, 0.25) is 0 Å². The molecule has 1 unspecified atom stereocenters. The van der Waals surface area contributed by atoms with Gasteiger partial charge in [0.05, 0.1) is 5.03 Å². The van der Waals surface area contributed by atoms with Crippen LogP contribution in [0.15, 0.2) is 17.3 Å². The minimum atomic E-state index is 0.211. The Labute approximate surface area is 115 Å². The van der Waals surface area contributed by atoms with Gasteiger partial charge < -0.3 is 5.73 Å². The number of hydrogen-bond acceptors (Lipinski definition) is 3. The molecule has 0 radical (unpaired) electrons. The van der Waals surface area contributed by atoms with E-state index in [4.69, 9.17) is 5.73 Å². The normalized spacial score (nSPS) is 18.2. The summed E-state index contributed by atoms with van der Waals surface area (Å²) in [7, 11) is 0. The zero-order valence-corrected chi connectivity index (χ0v) is 12.3. The Bertz CT molecular complexity index is 384. The molecule has 3 heteroatoms. The number of aryl methyl sites for hydroxylation is 1. The standard InChI is InChI=1S/C15H24N2S/c1-11-7-14(8-12(2)16)9-17-15(11)18-10-13-5-3-4-6-13/h7,9,12-13H,3-6,8,10,16H2,1-2H3. The lowest BCUT2D eigenvalue weighted by molar-refractivity contribution is 0.622. The topological polar surface area (TPSA) is 38.9 Å². The van der Waals surface area contributed by atoms with Crippen molar-refractivity contribution in [3.8, 4) is 0 Å². The highest BCUT2D eigenvalue weighted by molar-refractivity contribution is 7.99. The highest BCUT2D eigenvalue weighted by Gasteiger charge is 2.15. The van der Waals surface area contributed by atoms with Crippen LogP contribution in [0.25, 0.3) is 0 Å². The Morgan fingerprint density at radius 1 is 1.44 bits per heavy atom. The maximum Gasteiger partial charge on any atom is 0.0989 e. The van der Waals surface area contributed by atoms with Crippen LogP contribution in [-0.4, -0.2) is 16.8 Å².